The molecular weight excluding hydrogens is 329 g/mol. The van der Waals surface area contributed by atoms with Crippen LogP contribution in [0.15, 0.2) is 30.3 Å². The van der Waals surface area contributed by atoms with Crippen molar-refractivity contribution in [3.8, 4) is 0 Å². The highest BCUT2D eigenvalue weighted by Gasteiger charge is 2.11. The zero-order valence-corrected chi connectivity index (χ0v) is 17.1. The Bertz CT molecular complexity index is 338. The summed E-state index contributed by atoms with van der Waals surface area (Å²) in [4.78, 5) is 0. The lowest BCUT2D eigenvalue weighted by Crippen LogP contribution is -2.38. The van der Waals surface area contributed by atoms with E-state index in [2.05, 4.69) is 58.3 Å². The van der Waals surface area contributed by atoms with Crippen molar-refractivity contribution in [1.29, 1.82) is 0 Å². The molecule has 0 aliphatic carbocycles. The molecule has 0 radical (unpaired) electrons. The van der Waals surface area contributed by atoms with Gasteiger partial charge in [0, 0.05) is 23.4 Å². The van der Waals surface area contributed by atoms with Gasteiger partial charge >= 0.3 is 0 Å². The summed E-state index contributed by atoms with van der Waals surface area (Å²) >= 11 is 10.5. The van der Waals surface area contributed by atoms with Gasteiger partial charge in [-0.05, 0) is 20.3 Å². The molecular formula is C19H36Cl2NO+. The molecule has 0 spiro atoms. The predicted molar refractivity (Wildman–Crippen MR) is 105 cm³/mol. The second-order valence-electron chi connectivity index (χ2n) is 6.26. The van der Waals surface area contributed by atoms with Gasteiger partial charge in [0.1, 0.15) is 6.54 Å². The monoisotopic (exact) mass is 364 g/mol. The molecule has 0 fully saturated rings. The van der Waals surface area contributed by atoms with Crippen LogP contribution in [0.3, 0.4) is 0 Å². The van der Waals surface area contributed by atoms with Crippen LogP contribution in [0.4, 0.5) is 0 Å². The van der Waals surface area contributed by atoms with E-state index in [0.29, 0.717) is 12.5 Å². The number of halogens is 2. The second-order valence-corrected chi connectivity index (χ2v) is 7.32. The molecule has 1 aromatic carbocycles. The van der Waals surface area contributed by atoms with Gasteiger partial charge in [-0.3, -0.25) is 0 Å². The quantitative estimate of drug-likeness (QED) is 0.395. The molecule has 0 aliphatic heterocycles. The zero-order chi connectivity index (χ0) is 18.1. The summed E-state index contributed by atoms with van der Waals surface area (Å²) in [6.07, 6.45) is 3.33. The summed E-state index contributed by atoms with van der Waals surface area (Å²) < 4.78 is 1.06. The van der Waals surface area contributed by atoms with Crippen molar-refractivity contribution in [2.75, 3.05) is 33.1 Å². The molecule has 2 nitrogen and oxygen atoms in total. The summed E-state index contributed by atoms with van der Waals surface area (Å²) in [6, 6.07) is 10.6. The Morgan fingerprint density at radius 2 is 1.61 bits per heavy atom. The molecule has 4 heteroatoms. The maximum Gasteiger partial charge on any atom is 0.104 e. The van der Waals surface area contributed by atoms with E-state index >= 15 is 0 Å². The van der Waals surface area contributed by atoms with Crippen LogP contribution in [-0.2, 0) is 6.54 Å². The van der Waals surface area contributed by atoms with Gasteiger partial charge in [-0.25, -0.2) is 0 Å². The first-order chi connectivity index (χ1) is 10.8. The molecule has 0 saturated carbocycles. The van der Waals surface area contributed by atoms with Crippen molar-refractivity contribution in [1.82, 2.24) is 0 Å². The topological polar surface area (TPSA) is 20.2 Å². The van der Waals surface area contributed by atoms with E-state index in [1.807, 2.05) is 6.92 Å². The third-order valence-electron chi connectivity index (χ3n) is 3.28. The smallest absolute Gasteiger partial charge is 0.104 e. The summed E-state index contributed by atoms with van der Waals surface area (Å²) in [7, 11) is 4.51. The Balaban J connectivity index is 0. The van der Waals surface area contributed by atoms with Gasteiger partial charge in [0.15, 0.2) is 0 Å². The third-order valence-corrected chi connectivity index (χ3v) is 4.06. The van der Waals surface area contributed by atoms with E-state index in [1.165, 1.54) is 18.5 Å². The van der Waals surface area contributed by atoms with Crippen molar-refractivity contribution in [2.45, 2.75) is 52.0 Å². The lowest BCUT2D eigenvalue weighted by molar-refractivity contribution is -0.901. The number of unbranched alkanes of at least 4 members (excludes halogenated alkanes) is 2. The van der Waals surface area contributed by atoms with Crippen LogP contribution < -0.4 is 0 Å². The Hall–Kier alpha value is -0.280. The number of benzene rings is 1. The highest BCUT2D eigenvalue weighted by molar-refractivity contribution is 6.27. The second kappa shape index (κ2) is 16.6. The molecule has 1 rings (SSSR count). The molecule has 0 aromatic heterocycles. The molecule has 1 N–H and O–H groups in total. The predicted octanol–water partition coefficient (Wildman–Crippen LogP) is 5.30. The van der Waals surface area contributed by atoms with Crippen LogP contribution in [0.2, 0.25) is 0 Å². The van der Waals surface area contributed by atoms with Gasteiger partial charge < -0.3 is 9.59 Å². The minimum Gasteiger partial charge on any atom is -0.396 e. The average Bonchev–Trinajstić information content (AvgIpc) is 2.54. The molecule has 1 atom stereocenters. The molecule has 0 bridgehead atoms. The van der Waals surface area contributed by atoms with Crippen LogP contribution >= 0.6 is 23.2 Å². The van der Waals surface area contributed by atoms with E-state index in [1.54, 1.807) is 0 Å². The number of aliphatic hydroxyl groups is 1. The third kappa shape index (κ3) is 19.7. The van der Waals surface area contributed by atoms with Crippen molar-refractivity contribution in [2.24, 2.45) is 0 Å². The summed E-state index contributed by atoms with van der Waals surface area (Å²) in [5.74, 6) is 0.543. The van der Waals surface area contributed by atoms with Crippen molar-refractivity contribution in [3.05, 3.63) is 35.9 Å². The van der Waals surface area contributed by atoms with Gasteiger partial charge in [-0.15, -0.1) is 23.2 Å². The largest absolute Gasteiger partial charge is 0.396 e. The van der Waals surface area contributed by atoms with Crippen molar-refractivity contribution < 1.29 is 9.59 Å². The molecule has 136 valence electrons. The normalized spacial score (nSPS) is 11.7. The number of rotatable bonds is 7. The van der Waals surface area contributed by atoms with Crippen LogP contribution in [-0.4, -0.2) is 48.1 Å². The SMILES string of the molecule is CC(Cl)CCl.CCCCCO.CC[N+](C)(C)Cc1ccccc1. The number of hydrogen-bond donors (Lipinski definition) is 1. The zero-order valence-electron chi connectivity index (χ0n) is 15.6. The number of alkyl halides is 2. The number of aliphatic hydroxyl groups excluding tert-OH is 1. The van der Waals surface area contributed by atoms with Gasteiger partial charge in [-0.2, -0.15) is 0 Å². The highest BCUT2D eigenvalue weighted by atomic mass is 35.5. The van der Waals surface area contributed by atoms with E-state index in [0.717, 1.165) is 23.9 Å². The molecule has 0 aliphatic rings. The summed E-state index contributed by atoms with van der Waals surface area (Å²) in [6.45, 7) is 8.85. The summed E-state index contributed by atoms with van der Waals surface area (Å²) in [5.41, 5.74) is 1.42. The number of quaternary nitrogens is 1. The maximum absolute atomic E-state index is 8.20. The lowest BCUT2D eigenvalue weighted by atomic mass is 10.2. The standard InChI is InChI=1S/C11H18N.C5H12O.C3H6Cl2/c1-4-12(2,3)10-11-8-6-5-7-9-11;1-2-3-4-5-6;1-3(5)2-4/h5-9H,4,10H2,1-3H3;6H,2-5H2,1H3;3H,2H2,1H3/q+1;;. The first-order valence-corrected chi connectivity index (χ1v) is 9.46. The van der Waals surface area contributed by atoms with E-state index in [-0.39, 0.29) is 5.38 Å². The first-order valence-electron chi connectivity index (χ1n) is 8.49. The first kappa shape index (κ1) is 25.0. The molecule has 1 unspecified atom stereocenters. The number of nitrogens with zero attached hydrogens (tertiary/aromatic N) is 1. The van der Waals surface area contributed by atoms with Gasteiger partial charge in [0.05, 0.1) is 20.6 Å². The minimum atomic E-state index is 0.122. The van der Waals surface area contributed by atoms with Crippen LogP contribution in [0.25, 0.3) is 0 Å². The number of hydrogen-bond acceptors (Lipinski definition) is 1. The Morgan fingerprint density at radius 1 is 1.09 bits per heavy atom. The fraction of sp³-hybridized carbons (Fsp3) is 0.684. The van der Waals surface area contributed by atoms with Crippen molar-refractivity contribution >= 4 is 23.2 Å². The van der Waals surface area contributed by atoms with Crippen LogP contribution in [0.5, 0.6) is 0 Å². The van der Waals surface area contributed by atoms with Gasteiger partial charge in [0.2, 0.25) is 0 Å². The highest BCUT2D eigenvalue weighted by Crippen LogP contribution is 2.07. The average molecular weight is 365 g/mol. The fourth-order valence-electron chi connectivity index (χ4n) is 1.55. The molecule has 0 heterocycles. The van der Waals surface area contributed by atoms with Crippen LogP contribution in [0, 0.1) is 0 Å². The Kier molecular flexibility index (Phi) is 18.0. The van der Waals surface area contributed by atoms with E-state index in [9.17, 15) is 0 Å². The lowest BCUT2D eigenvalue weighted by Gasteiger charge is -2.28. The molecule has 23 heavy (non-hydrogen) atoms. The van der Waals surface area contributed by atoms with E-state index < -0.39 is 0 Å². The molecule has 0 saturated heterocycles. The fourth-order valence-corrected chi connectivity index (χ4v) is 1.55. The van der Waals surface area contributed by atoms with Gasteiger partial charge in [-0.1, -0.05) is 50.1 Å². The minimum absolute atomic E-state index is 0.122. The van der Waals surface area contributed by atoms with Crippen molar-refractivity contribution in [3.63, 3.8) is 0 Å². The van der Waals surface area contributed by atoms with Gasteiger partial charge in [0.25, 0.3) is 0 Å². The Morgan fingerprint density at radius 3 is 1.91 bits per heavy atom. The van der Waals surface area contributed by atoms with Crippen LogP contribution in [0.1, 0.15) is 45.6 Å². The molecule has 1 aromatic rings. The van der Waals surface area contributed by atoms with E-state index in [4.69, 9.17) is 28.3 Å². The maximum atomic E-state index is 8.20. The summed E-state index contributed by atoms with van der Waals surface area (Å²) in [5, 5.41) is 8.32. The Labute approximate surface area is 154 Å². The molecule has 0 amide bonds.